The highest BCUT2D eigenvalue weighted by molar-refractivity contribution is 9.10. The van der Waals surface area contributed by atoms with Gasteiger partial charge in [-0.2, -0.15) is 13.2 Å². The summed E-state index contributed by atoms with van der Waals surface area (Å²) >= 11 is 3.03. The second-order valence-corrected chi connectivity index (χ2v) is 6.06. The standard InChI is InChI=1S/C13H13BrF3NO3/c1-12(21-5-11(19)20)6-18(7-12)10-3-2-8(14)4-9(10)13(15,16)17/h2-4H,5-7H2,1H3,(H,19,20). The van der Waals surface area contributed by atoms with Crippen molar-refractivity contribution in [3.63, 3.8) is 0 Å². The van der Waals surface area contributed by atoms with Crippen LogP contribution in [0.1, 0.15) is 12.5 Å². The molecule has 0 bridgehead atoms. The number of halogens is 4. The van der Waals surface area contributed by atoms with Gasteiger partial charge in [-0.1, -0.05) is 15.9 Å². The highest BCUT2D eigenvalue weighted by atomic mass is 79.9. The fraction of sp³-hybridized carbons (Fsp3) is 0.462. The number of hydrogen-bond acceptors (Lipinski definition) is 3. The third-order valence-electron chi connectivity index (χ3n) is 3.20. The van der Waals surface area contributed by atoms with Gasteiger partial charge in [-0.25, -0.2) is 4.79 Å². The van der Waals surface area contributed by atoms with Gasteiger partial charge in [-0.3, -0.25) is 0 Å². The molecule has 0 aromatic heterocycles. The Kier molecular flexibility index (Phi) is 4.21. The number of carboxylic acid groups (broad SMARTS) is 1. The van der Waals surface area contributed by atoms with Gasteiger partial charge in [-0.15, -0.1) is 0 Å². The van der Waals surface area contributed by atoms with Crippen LogP contribution in [0.2, 0.25) is 0 Å². The third kappa shape index (κ3) is 3.68. The van der Waals surface area contributed by atoms with E-state index in [1.165, 1.54) is 11.0 Å². The van der Waals surface area contributed by atoms with Crippen LogP contribution in [0, 0.1) is 0 Å². The van der Waals surface area contributed by atoms with Crippen molar-refractivity contribution in [3.8, 4) is 0 Å². The number of carboxylic acids is 1. The van der Waals surface area contributed by atoms with Crippen molar-refractivity contribution in [2.45, 2.75) is 18.7 Å². The zero-order chi connectivity index (χ0) is 15.8. The predicted molar refractivity (Wildman–Crippen MR) is 73.3 cm³/mol. The Morgan fingerprint density at radius 1 is 1.48 bits per heavy atom. The van der Waals surface area contributed by atoms with Gasteiger partial charge >= 0.3 is 12.1 Å². The van der Waals surface area contributed by atoms with Gasteiger partial charge in [-0.05, 0) is 25.1 Å². The number of hydrogen-bond donors (Lipinski definition) is 1. The smallest absolute Gasteiger partial charge is 0.418 e. The number of nitrogens with zero attached hydrogens (tertiary/aromatic N) is 1. The first-order valence-corrected chi connectivity index (χ1v) is 6.87. The van der Waals surface area contributed by atoms with E-state index in [1.54, 1.807) is 13.0 Å². The highest BCUT2D eigenvalue weighted by Gasteiger charge is 2.44. The van der Waals surface area contributed by atoms with Gasteiger partial charge in [0.2, 0.25) is 0 Å². The normalized spacial score (nSPS) is 17.5. The maximum absolute atomic E-state index is 13.0. The first kappa shape index (κ1) is 16.1. The molecule has 1 aromatic carbocycles. The van der Waals surface area contributed by atoms with Crippen LogP contribution in [0.15, 0.2) is 22.7 Å². The maximum Gasteiger partial charge on any atom is 0.418 e. The lowest BCUT2D eigenvalue weighted by atomic mass is 9.94. The molecule has 0 radical (unpaired) electrons. The van der Waals surface area contributed by atoms with Crippen LogP contribution in [0.3, 0.4) is 0 Å². The van der Waals surface area contributed by atoms with Crippen molar-refractivity contribution in [1.82, 2.24) is 0 Å². The van der Waals surface area contributed by atoms with E-state index in [2.05, 4.69) is 15.9 Å². The summed E-state index contributed by atoms with van der Waals surface area (Å²) in [6.45, 7) is 1.64. The van der Waals surface area contributed by atoms with Gasteiger partial charge < -0.3 is 14.7 Å². The second-order valence-electron chi connectivity index (χ2n) is 5.15. The molecule has 1 fully saturated rings. The summed E-state index contributed by atoms with van der Waals surface area (Å²) in [4.78, 5) is 12.0. The molecule has 2 rings (SSSR count). The maximum atomic E-state index is 13.0. The van der Waals surface area contributed by atoms with Gasteiger partial charge in [0.05, 0.1) is 5.56 Å². The van der Waals surface area contributed by atoms with Crippen molar-refractivity contribution in [2.75, 3.05) is 24.6 Å². The average Bonchev–Trinajstić information content (AvgIpc) is 2.32. The minimum Gasteiger partial charge on any atom is -0.480 e. The summed E-state index contributed by atoms with van der Waals surface area (Å²) in [5, 5.41) is 8.57. The van der Waals surface area contributed by atoms with Gasteiger partial charge in [0.1, 0.15) is 12.2 Å². The summed E-state index contributed by atoms with van der Waals surface area (Å²) in [5.41, 5.74) is -1.40. The molecule has 1 aliphatic rings. The zero-order valence-corrected chi connectivity index (χ0v) is 12.7. The van der Waals surface area contributed by atoms with Crippen LogP contribution in [-0.4, -0.2) is 36.4 Å². The van der Waals surface area contributed by atoms with Crippen LogP contribution >= 0.6 is 15.9 Å². The molecule has 1 saturated heterocycles. The molecule has 8 heteroatoms. The van der Waals surface area contributed by atoms with Crippen LogP contribution < -0.4 is 4.90 Å². The Labute approximate surface area is 127 Å². The molecular weight excluding hydrogens is 355 g/mol. The van der Waals surface area contributed by atoms with Crippen LogP contribution in [-0.2, 0) is 15.7 Å². The summed E-state index contributed by atoms with van der Waals surface area (Å²) < 4.78 is 44.7. The van der Waals surface area contributed by atoms with E-state index in [0.29, 0.717) is 4.47 Å². The van der Waals surface area contributed by atoms with Crippen molar-refractivity contribution in [3.05, 3.63) is 28.2 Å². The second kappa shape index (κ2) is 5.49. The molecule has 0 unspecified atom stereocenters. The summed E-state index contributed by atoms with van der Waals surface area (Å²) in [5.74, 6) is -1.10. The minimum absolute atomic E-state index is 0.0714. The lowest BCUT2D eigenvalue weighted by Gasteiger charge is -2.49. The predicted octanol–water partition coefficient (Wildman–Crippen LogP) is 3.15. The van der Waals surface area contributed by atoms with E-state index in [-0.39, 0.29) is 18.8 Å². The molecule has 0 saturated carbocycles. The Morgan fingerprint density at radius 2 is 2.10 bits per heavy atom. The number of benzene rings is 1. The SMILES string of the molecule is CC1(OCC(=O)O)CN(c2ccc(Br)cc2C(F)(F)F)C1. The molecule has 1 heterocycles. The molecule has 1 N–H and O–H groups in total. The van der Waals surface area contributed by atoms with Crippen molar-refractivity contribution < 1.29 is 27.8 Å². The van der Waals surface area contributed by atoms with Gasteiger partial charge in [0.25, 0.3) is 0 Å². The van der Waals surface area contributed by atoms with Crippen molar-refractivity contribution >= 4 is 27.6 Å². The first-order valence-electron chi connectivity index (χ1n) is 6.08. The van der Waals surface area contributed by atoms with E-state index >= 15 is 0 Å². The van der Waals surface area contributed by atoms with E-state index in [9.17, 15) is 18.0 Å². The lowest BCUT2D eigenvalue weighted by molar-refractivity contribution is -0.150. The fourth-order valence-electron chi connectivity index (χ4n) is 2.27. The third-order valence-corrected chi connectivity index (χ3v) is 3.69. The molecule has 0 atom stereocenters. The Balaban J connectivity index is 2.14. The number of rotatable bonds is 4. The molecule has 116 valence electrons. The molecule has 0 spiro atoms. The minimum atomic E-state index is -4.45. The van der Waals surface area contributed by atoms with Crippen molar-refractivity contribution in [1.29, 1.82) is 0 Å². The first-order chi connectivity index (χ1) is 9.61. The van der Waals surface area contributed by atoms with E-state index < -0.39 is 29.9 Å². The number of anilines is 1. The molecule has 21 heavy (non-hydrogen) atoms. The van der Waals surface area contributed by atoms with E-state index in [4.69, 9.17) is 9.84 Å². The quantitative estimate of drug-likeness (QED) is 0.887. The Bertz CT molecular complexity index is 556. The highest BCUT2D eigenvalue weighted by Crippen LogP contribution is 2.41. The lowest BCUT2D eigenvalue weighted by Crippen LogP contribution is -2.62. The Morgan fingerprint density at radius 3 is 2.62 bits per heavy atom. The van der Waals surface area contributed by atoms with E-state index in [0.717, 1.165) is 6.07 Å². The molecule has 1 aromatic rings. The number of carbonyl (C=O) groups is 1. The average molecular weight is 368 g/mol. The number of aliphatic carboxylic acids is 1. The zero-order valence-electron chi connectivity index (χ0n) is 11.1. The summed E-state index contributed by atoms with van der Waals surface area (Å²) in [6.07, 6.45) is -4.45. The van der Waals surface area contributed by atoms with Gasteiger partial charge in [0, 0.05) is 23.2 Å². The number of ether oxygens (including phenoxy) is 1. The Hall–Kier alpha value is -1.28. The summed E-state index contributed by atoms with van der Waals surface area (Å²) in [7, 11) is 0. The molecule has 0 aliphatic carbocycles. The van der Waals surface area contributed by atoms with Crippen molar-refractivity contribution in [2.24, 2.45) is 0 Å². The monoisotopic (exact) mass is 367 g/mol. The number of alkyl halides is 3. The van der Waals surface area contributed by atoms with Crippen LogP contribution in [0.4, 0.5) is 18.9 Å². The summed E-state index contributed by atoms with van der Waals surface area (Å²) in [6, 6.07) is 3.96. The molecular formula is C13H13BrF3NO3. The fourth-order valence-corrected chi connectivity index (χ4v) is 2.63. The molecule has 1 aliphatic heterocycles. The molecule has 4 nitrogen and oxygen atoms in total. The largest absolute Gasteiger partial charge is 0.480 e. The van der Waals surface area contributed by atoms with Crippen LogP contribution in [0.25, 0.3) is 0 Å². The topological polar surface area (TPSA) is 49.8 Å². The van der Waals surface area contributed by atoms with Crippen LogP contribution in [0.5, 0.6) is 0 Å². The van der Waals surface area contributed by atoms with Gasteiger partial charge in [0.15, 0.2) is 0 Å². The molecule has 0 amide bonds. The van der Waals surface area contributed by atoms with E-state index in [1.807, 2.05) is 0 Å².